The van der Waals surface area contributed by atoms with Crippen molar-refractivity contribution in [1.82, 2.24) is 19.7 Å². The number of pyridine rings is 1. The molecule has 0 aliphatic carbocycles. The van der Waals surface area contributed by atoms with E-state index < -0.39 is 5.82 Å². The van der Waals surface area contributed by atoms with Gasteiger partial charge in [0.1, 0.15) is 5.82 Å². The first-order chi connectivity index (χ1) is 15.5. The summed E-state index contributed by atoms with van der Waals surface area (Å²) in [6.45, 7) is 7.62. The Kier molecular flexibility index (Phi) is 4.92. The zero-order chi connectivity index (χ0) is 22.2. The number of fused-ring (bicyclic) bond motifs is 1. The molecule has 0 bridgehead atoms. The van der Waals surface area contributed by atoms with E-state index >= 15 is 0 Å². The number of amides is 1. The van der Waals surface area contributed by atoms with Gasteiger partial charge in [-0.1, -0.05) is 29.8 Å². The van der Waals surface area contributed by atoms with E-state index in [1.54, 1.807) is 70.5 Å². The monoisotopic (exact) mass is 443 g/mol. The van der Waals surface area contributed by atoms with E-state index in [4.69, 9.17) is 18.2 Å². The molecular formula is C24H15ClFN5O. The molecule has 32 heavy (non-hydrogen) atoms. The van der Waals surface area contributed by atoms with Crippen LogP contribution in [0.15, 0.2) is 67.0 Å². The van der Waals surface area contributed by atoms with Crippen molar-refractivity contribution in [1.29, 1.82) is 0 Å². The lowest BCUT2D eigenvalue weighted by Gasteiger charge is -2.16. The Morgan fingerprint density at radius 1 is 1.16 bits per heavy atom. The summed E-state index contributed by atoms with van der Waals surface area (Å²) in [7, 11) is 0. The van der Waals surface area contributed by atoms with Gasteiger partial charge in [0.25, 0.3) is 5.91 Å². The summed E-state index contributed by atoms with van der Waals surface area (Å²) in [6.07, 6.45) is 3.38. The van der Waals surface area contributed by atoms with Gasteiger partial charge in [0.05, 0.1) is 35.8 Å². The van der Waals surface area contributed by atoms with Crippen LogP contribution in [0.4, 0.5) is 10.1 Å². The highest BCUT2D eigenvalue weighted by molar-refractivity contribution is 6.33. The van der Waals surface area contributed by atoms with Crippen LogP contribution >= 0.6 is 11.6 Å². The summed E-state index contributed by atoms with van der Waals surface area (Å²) < 4.78 is 16.4. The lowest BCUT2D eigenvalue weighted by molar-refractivity contribution is 0.0765. The van der Waals surface area contributed by atoms with Gasteiger partial charge in [0, 0.05) is 35.1 Å². The van der Waals surface area contributed by atoms with Crippen LogP contribution in [-0.4, -0.2) is 25.6 Å². The molecule has 156 valence electrons. The van der Waals surface area contributed by atoms with E-state index in [9.17, 15) is 9.18 Å². The lowest BCUT2D eigenvalue weighted by atomic mass is 10.1. The molecular weight excluding hydrogens is 429 g/mol. The largest absolute Gasteiger partial charge is 0.328 e. The molecule has 2 aromatic carbocycles. The second kappa shape index (κ2) is 7.91. The minimum absolute atomic E-state index is 0.142. The molecule has 5 rings (SSSR count). The number of rotatable bonds is 4. The number of carbonyl (C=O) groups is 1. The average molecular weight is 444 g/mol. The number of hydrogen-bond donors (Lipinski definition) is 0. The maximum absolute atomic E-state index is 14.9. The van der Waals surface area contributed by atoms with Crippen molar-refractivity contribution in [3.8, 4) is 16.9 Å². The van der Waals surface area contributed by atoms with Crippen molar-refractivity contribution < 1.29 is 9.18 Å². The first-order valence-corrected chi connectivity index (χ1v) is 10.2. The number of aromatic nitrogens is 3. The van der Waals surface area contributed by atoms with Gasteiger partial charge in [-0.15, -0.1) is 0 Å². The van der Waals surface area contributed by atoms with Crippen molar-refractivity contribution in [3.05, 3.63) is 106 Å². The van der Waals surface area contributed by atoms with E-state index in [0.717, 1.165) is 5.56 Å². The van der Waals surface area contributed by atoms with Crippen LogP contribution in [0.25, 0.3) is 21.8 Å². The number of carbonyl (C=O) groups excluding carboxylic acids is 1. The Balaban J connectivity index is 1.36. The van der Waals surface area contributed by atoms with E-state index in [-0.39, 0.29) is 12.5 Å². The van der Waals surface area contributed by atoms with Crippen LogP contribution in [0.5, 0.6) is 0 Å². The second-order valence-electron chi connectivity index (χ2n) is 7.36. The summed E-state index contributed by atoms with van der Waals surface area (Å²) in [6, 6.07) is 15.2. The van der Waals surface area contributed by atoms with Crippen molar-refractivity contribution in [3.63, 3.8) is 0 Å². The van der Waals surface area contributed by atoms with Gasteiger partial charge < -0.3 is 4.90 Å². The predicted molar refractivity (Wildman–Crippen MR) is 118 cm³/mol. The summed E-state index contributed by atoms with van der Waals surface area (Å²) in [4.78, 5) is 21.7. The minimum Gasteiger partial charge on any atom is -0.328 e. The molecule has 4 aromatic rings. The van der Waals surface area contributed by atoms with Crippen molar-refractivity contribution >= 4 is 23.2 Å². The van der Waals surface area contributed by atoms with Crippen LogP contribution in [0.3, 0.4) is 0 Å². The van der Waals surface area contributed by atoms with E-state index in [1.807, 2.05) is 0 Å². The van der Waals surface area contributed by atoms with E-state index in [0.29, 0.717) is 45.5 Å². The molecule has 1 aliphatic heterocycles. The molecule has 0 atom stereocenters. The van der Waals surface area contributed by atoms with Crippen molar-refractivity contribution in [2.45, 2.75) is 13.1 Å². The predicted octanol–water partition coefficient (Wildman–Crippen LogP) is 5.43. The van der Waals surface area contributed by atoms with Crippen LogP contribution in [0, 0.1) is 12.4 Å². The number of nitrogens with zero attached hydrogens (tertiary/aromatic N) is 5. The van der Waals surface area contributed by atoms with Crippen molar-refractivity contribution in [2.75, 3.05) is 0 Å². The quantitative estimate of drug-likeness (QED) is 0.395. The van der Waals surface area contributed by atoms with Gasteiger partial charge in [0.15, 0.2) is 0 Å². The van der Waals surface area contributed by atoms with Gasteiger partial charge in [0.2, 0.25) is 5.69 Å². The Morgan fingerprint density at radius 3 is 2.78 bits per heavy atom. The molecule has 1 aliphatic rings. The summed E-state index contributed by atoms with van der Waals surface area (Å²) in [5, 5.41) is 4.86. The Morgan fingerprint density at radius 2 is 2.03 bits per heavy atom. The highest BCUT2D eigenvalue weighted by Crippen LogP contribution is 2.30. The maximum Gasteiger partial charge on any atom is 0.256 e. The third-order valence-electron chi connectivity index (χ3n) is 5.36. The summed E-state index contributed by atoms with van der Waals surface area (Å²) in [5.41, 5.74) is 4.05. The topological polar surface area (TPSA) is 55.4 Å². The van der Waals surface area contributed by atoms with Crippen molar-refractivity contribution in [2.24, 2.45) is 0 Å². The molecule has 8 heteroatoms. The molecule has 1 amide bonds. The molecule has 0 unspecified atom stereocenters. The molecule has 2 aromatic heterocycles. The Bertz CT molecular complexity index is 1410. The molecule has 0 saturated heterocycles. The highest BCUT2D eigenvalue weighted by Gasteiger charge is 2.28. The second-order valence-corrected chi connectivity index (χ2v) is 7.77. The summed E-state index contributed by atoms with van der Waals surface area (Å²) in [5.74, 6) is -0.558. The Labute approximate surface area is 188 Å². The molecule has 0 radical (unpaired) electrons. The number of halogens is 2. The highest BCUT2D eigenvalue weighted by atomic mass is 35.5. The van der Waals surface area contributed by atoms with Gasteiger partial charge in [-0.25, -0.2) is 13.9 Å². The third kappa shape index (κ3) is 3.51. The SMILES string of the molecule is [C-]#[N+]c1ccc(-c2ccn(-c3ccc(CN4Cc5ncccc5C4=O)c(F)c3)n2)cc1Cl. The molecule has 0 N–H and O–H groups in total. The molecule has 3 heterocycles. The fourth-order valence-electron chi connectivity index (χ4n) is 3.70. The zero-order valence-electron chi connectivity index (χ0n) is 16.7. The van der Waals surface area contributed by atoms with Crippen LogP contribution in [-0.2, 0) is 13.1 Å². The fraction of sp³-hybridized carbons (Fsp3) is 0.0833. The average Bonchev–Trinajstić information content (AvgIpc) is 3.41. The first-order valence-electron chi connectivity index (χ1n) is 9.78. The third-order valence-corrected chi connectivity index (χ3v) is 5.67. The smallest absolute Gasteiger partial charge is 0.256 e. The van der Waals surface area contributed by atoms with E-state index in [1.165, 1.54) is 6.07 Å². The van der Waals surface area contributed by atoms with Gasteiger partial charge in [-0.05, 0) is 36.4 Å². The summed E-state index contributed by atoms with van der Waals surface area (Å²) >= 11 is 6.12. The van der Waals surface area contributed by atoms with Gasteiger partial charge in [-0.3, -0.25) is 9.78 Å². The standard InChI is InChI=1S/C24H15ClFN5O/c1-27-22-7-5-15(11-19(22)25)21-8-10-31(29-21)17-6-4-16(20(26)12-17)13-30-14-23-18(24(30)32)3-2-9-28-23/h2-12H,13-14H2. The Hall–Kier alpha value is -4.02. The molecule has 0 spiro atoms. The van der Waals surface area contributed by atoms with Crippen LogP contribution in [0.2, 0.25) is 5.02 Å². The van der Waals surface area contributed by atoms with E-state index in [2.05, 4.69) is 14.9 Å². The maximum atomic E-state index is 14.9. The fourth-order valence-corrected chi connectivity index (χ4v) is 3.92. The lowest BCUT2D eigenvalue weighted by Crippen LogP contribution is -2.23. The van der Waals surface area contributed by atoms with Crippen LogP contribution in [0.1, 0.15) is 21.6 Å². The molecule has 0 fully saturated rings. The molecule has 0 saturated carbocycles. The van der Waals surface area contributed by atoms with Gasteiger partial charge in [-0.2, -0.15) is 5.10 Å². The van der Waals surface area contributed by atoms with Crippen LogP contribution < -0.4 is 0 Å². The number of hydrogen-bond acceptors (Lipinski definition) is 3. The zero-order valence-corrected chi connectivity index (χ0v) is 17.4. The van der Waals surface area contributed by atoms with Gasteiger partial charge >= 0.3 is 0 Å². The first kappa shape index (κ1) is 19.9. The normalized spacial score (nSPS) is 12.7. The number of benzene rings is 2. The molecule has 6 nitrogen and oxygen atoms in total. The minimum atomic E-state index is -0.416.